The van der Waals surface area contributed by atoms with Crippen molar-refractivity contribution in [3.63, 3.8) is 0 Å². The van der Waals surface area contributed by atoms with E-state index in [2.05, 4.69) is 30.2 Å². The number of ether oxygens (including phenoxy) is 1. The summed E-state index contributed by atoms with van der Waals surface area (Å²) in [5, 5.41) is 14.3. The van der Waals surface area contributed by atoms with E-state index >= 15 is 4.39 Å². The number of aryl methyl sites for hydroxylation is 1. The third-order valence-corrected chi connectivity index (χ3v) is 10.5. The number of carboxylic acids is 1. The molecule has 0 saturated heterocycles. The number of hydrogen-bond donors (Lipinski definition) is 2. The fraction of sp³-hybridized carbons (Fsp3) is 0.486. The molecule has 1 unspecified atom stereocenters. The maximum absolute atomic E-state index is 15.2. The standard InChI is InChI=1S/C35H40ClFN2O3/c1-22(21-42-31-12-17-38-30-11-3-6-23(2)32(30)31)18-24-19-27-28(9-5-10-29(27)37)34(24)13-15-35(16-14-34,33(40)41)39-26-8-4-7-25(36)20-26/h4-5,7-10,12,17,20,22-24,39H,3,6,11,13-16,18-19,21H2,1-2H3,(H,40,41)/t22-,23-,24?,34?,35?/m1/s1. The minimum Gasteiger partial charge on any atom is -0.493 e. The highest BCUT2D eigenvalue weighted by Crippen LogP contribution is 2.56. The van der Waals surface area contributed by atoms with E-state index < -0.39 is 11.5 Å². The topological polar surface area (TPSA) is 71.5 Å². The highest BCUT2D eigenvalue weighted by atomic mass is 35.5. The molecule has 222 valence electrons. The first-order valence-electron chi connectivity index (χ1n) is 15.4. The van der Waals surface area contributed by atoms with Crippen molar-refractivity contribution in [3.8, 4) is 5.75 Å². The summed E-state index contributed by atoms with van der Waals surface area (Å²) in [7, 11) is 0. The molecule has 42 heavy (non-hydrogen) atoms. The summed E-state index contributed by atoms with van der Waals surface area (Å²) in [6.45, 7) is 5.06. The second kappa shape index (κ2) is 11.5. The molecule has 1 fully saturated rings. The van der Waals surface area contributed by atoms with Crippen LogP contribution in [0.4, 0.5) is 10.1 Å². The number of rotatable bonds is 8. The van der Waals surface area contributed by atoms with E-state index in [1.165, 1.54) is 12.0 Å². The van der Waals surface area contributed by atoms with Gasteiger partial charge >= 0.3 is 5.97 Å². The van der Waals surface area contributed by atoms with Crippen molar-refractivity contribution < 1.29 is 19.0 Å². The summed E-state index contributed by atoms with van der Waals surface area (Å²) in [6.07, 6.45) is 9.01. The molecule has 5 nitrogen and oxygen atoms in total. The summed E-state index contributed by atoms with van der Waals surface area (Å²) in [6, 6.07) is 14.6. The Morgan fingerprint density at radius 2 is 1.98 bits per heavy atom. The first kappa shape index (κ1) is 29.0. The predicted molar refractivity (Wildman–Crippen MR) is 164 cm³/mol. The largest absolute Gasteiger partial charge is 0.493 e. The van der Waals surface area contributed by atoms with E-state index in [1.807, 2.05) is 30.5 Å². The van der Waals surface area contributed by atoms with E-state index in [0.29, 0.717) is 55.3 Å². The Labute approximate surface area is 252 Å². The lowest BCUT2D eigenvalue weighted by Crippen LogP contribution is -2.53. The summed E-state index contributed by atoms with van der Waals surface area (Å²) in [4.78, 5) is 17.3. The van der Waals surface area contributed by atoms with Crippen LogP contribution in [-0.4, -0.2) is 28.2 Å². The van der Waals surface area contributed by atoms with Gasteiger partial charge in [0.15, 0.2) is 0 Å². The molecule has 0 aliphatic heterocycles. The third-order valence-electron chi connectivity index (χ3n) is 10.3. The van der Waals surface area contributed by atoms with Crippen LogP contribution in [0.15, 0.2) is 54.7 Å². The van der Waals surface area contributed by atoms with Crippen LogP contribution in [0.1, 0.15) is 87.1 Å². The molecule has 0 amide bonds. The van der Waals surface area contributed by atoms with Crippen LogP contribution in [0.2, 0.25) is 5.02 Å². The highest BCUT2D eigenvalue weighted by molar-refractivity contribution is 6.30. The van der Waals surface area contributed by atoms with E-state index in [1.54, 1.807) is 18.2 Å². The normalized spacial score (nSPS) is 27.2. The number of anilines is 1. The Hall–Kier alpha value is -3.12. The van der Waals surface area contributed by atoms with Crippen LogP contribution >= 0.6 is 11.6 Å². The average molecular weight is 591 g/mol. The van der Waals surface area contributed by atoms with E-state index in [4.69, 9.17) is 16.3 Å². The summed E-state index contributed by atoms with van der Waals surface area (Å²) in [5.41, 5.74) is 3.64. The second-order valence-electron chi connectivity index (χ2n) is 13.0. The molecule has 1 saturated carbocycles. The number of fused-ring (bicyclic) bond motifs is 3. The van der Waals surface area contributed by atoms with Gasteiger partial charge in [-0.1, -0.05) is 43.6 Å². The number of nitrogens with zero attached hydrogens (tertiary/aromatic N) is 1. The summed E-state index contributed by atoms with van der Waals surface area (Å²) in [5.74, 6) is 0.853. The van der Waals surface area contributed by atoms with Crippen LogP contribution in [0, 0.1) is 17.7 Å². The number of pyridine rings is 1. The molecular weight excluding hydrogens is 551 g/mol. The van der Waals surface area contributed by atoms with Crippen molar-refractivity contribution in [2.45, 2.75) is 88.5 Å². The number of carboxylic acid groups (broad SMARTS) is 1. The van der Waals surface area contributed by atoms with Gasteiger partial charge < -0.3 is 15.2 Å². The van der Waals surface area contributed by atoms with Gasteiger partial charge in [-0.3, -0.25) is 4.98 Å². The van der Waals surface area contributed by atoms with Crippen LogP contribution in [0.25, 0.3) is 0 Å². The number of nitrogens with one attached hydrogen (secondary N) is 1. The van der Waals surface area contributed by atoms with Gasteiger partial charge in [-0.2, -0.15) is 0 Å². The lowest BCUT2D eigenvalue weighted by molar-refractivity contribution is -0.144. The average Bonchev–Trinajstić information content (AvgIpc) is 3.26. The monoisotopic (exact) mass is 590 g/mol. The lowest BCUT2D eigenvalue weighted by Gasteiger charge is -2.47. The third kappa shape index (κ3) is 5.27. The number of aliphatic carboxylic acids is 1. The molecule has 3 aromatic rings. The Balaban J connectivity index is 1.21. The van der Waals surface area contributed by atoms with Gasteiger partial charge in [-0.25, -0.2) is 9.18 Å². The Kier molecular flexibility index (Phi) is 7.95. The number of aromatic nitrogens is 1. The van der Waals surface area contributed by atoms with Crippen molar-refractivity contribution >= 4 is 23.3 Å². The van der Waals surface area contributed by atoms with Crippen LogP contribution < -0.4 is 10.1 Å². The number of hydrogen-bond acceptors (Lipinski definition) is 4. The van der Waals surface area contributed by atoms with E-state index in [0.717, 1.165) is 41.8 Å². The molecule has 3 aliphatic carbocycles. The molecule has 6 rings (SSSR count). The quantitative estimate of drug-likeness (QED) is 0.276. The van der Waals surface area contributed by atoms with Crippen LogP contribution in [0.3, 0.4) is 0 Å². The van der Waals surface area contributed by atoms with Crippen molar-refractivity contribution in [1.82, 2.24) is 4.98 Å². The Bertz CT molecular complexity index is 1470. The highest BCUT2D eigenvalue weighted by Gasteiger charge is 2.54. The zero-order valence-corrected chi connectivity index (χ0v) is 25.2. The van der Waals surface area contributed by atoms with Gasteiger partial charge in [-0.05, 0) is 122 Å². The number of halogens is 2. The maximum atomic E-state index is 15.2. The molecule has 0 radical (unpaired) electrons. The molecule has 2 N–H and O–H groups in total. The molecule has 3 aliphatic rings. The summed E-state index contributed by atoms with van der Waals surface area (Å²) < 4.78 is 21.6. The molecular formula is C35H40ClFN2O3. The van der Waals surface area contributed by atoms with Crippen LogP contribution in [0.5, 0.6) is 5.75 Å². The lowest BCUT2D eigenvalue weighted by atomic mass is 9.59. The molecule has 2 aromatic carbocycles. The molecule has 3 atom stereocenters. The van der Waals surface area contributed by atoms with Crippen molar-refractivity contribution in [2.24, 2.45) is 11.8 Å². The van der Waals surface area contributed by atoms with Gasteiger partial charge in [-0.15, -0.1) is 0 Å². The zero-order chi connectivity index (χ0) is 29.5. The molecule has 0 bridgehead atoms. The molecule has 1 aromatic heterocycles. The van der Waals surface area contributed by atoms with Gasteiger partial charge in [0.1, 0.15) is 17.1 Å². The predicted octanol–water partition coefficient (Wildman–Crippen LogP) is 8.34. The smallest absolute Gasteiger partial charge is 0.329 e. The Morgan fingerprint density at radius 1 is 1.19 bits per heavy atom. The summed E-state index contributed by atoms with van der Waals surface area (Å²) >= 11 is 6.20. The van der Waals surface area contributed by atoms with E-state index in [9.17, 15) is 9.90 Å². The van der Waals surface area contributed by atoms with Gasteiger partial charge in [0, 0.05) is 28.2 Å². The number of carbonyl (C=O) groups is 1. The zero-order valence-electron chi connectivity index (χ0n) is 24.5. The van der Waals surface area contributed by atoms with Crippen molar-refractivity contribution in [3.05, 3.63) is 88.0 Å². The molecule has 7 heteroatoms. The number of benzene rings is 2. The minimum atomic E-state index is -1.09. The second-order valence-corrected chi connectivity index (χ2v) is 13.4. The van der Waals surface area contributed by atoms with Gasteiger partial charge in [0.2, 0.25) is 0 Å². The van der Waals surface area contributed by atoms with Crippen LogP contribution in [-0.2, 0) is 23.1 Å². The van der Waals surface area contributed by atoms with Crippen molar-refractivity contribution in [2.75, 3.05) is 11.9 Å². The minimum absolute atomic E-state index is 0.150. The fourth-order valence-electron chi connectivity index (χ4n) is 8.09. The first-order chi connectivity index (χ1) is 20.2. The maximum Gasteiger partial charge on any atom is 0.329 e. The SMILES string of the molecule is C[C@@H](COc1ccnc2c1[C@H](C)CCC2)CC1Cc2c(F)cccc2C12CCC(Nc1cccc(Cl)c1)(C(=O)O)CC2. The molecule has 1 spiro atoms. The van der Waals surface area contributed by atoms with Crippen molar-refractivity contribution in [1.29, 1.82) is 0 Å². The fourth-order valence-corrected chi connectivity index (χ4v) is 8.28. The molecule has 1 heterocycles. The van der Waals surface area contributed by atoms with Gasteiger partial charge in [0.25, 0.3) is 0 Å². The first-order valence-corrected chi connectivity index (χ1v) is 15.7. The van der Waals surface area contributed by atoms with E-state index in [-0.39, 0.29) is 23.1 Å². The van der Waals surface area contributed by atoms with Gasteiger partial charge in [0.05, 0.1) is 6.61 Å². The Morgan fingerprint density at radius 3 is 2.74 bits per heavy atom.